The molecule has 6 heteroatoms. The van der Waals surface area contributed by atoms with Gasteiger partial charge in [-0.25, -0.2) is 4.39 Å². The van der Waals surface area contributed by atoms with E-state index in [0.717, 1.165) is 6.07 Å². The van der Waals surface area contributed by atoms with Crippen LogP contribution in [0.4, 0.5) is 4.39 Å². The SMILES string of the molecule is CN(CCCC(=O)O)C(=O)c1ccc(Cl)cc1F. The quantitative estimate of drug-likeness (QED) is 0.896. The fraction of sp³-hybridized carbons (Fsp3) is 0.333. The van der Waals surface area contributed by atoms with Gasteiger partial charge in [-0.1, -0.05) is 11.6 Å². The third kappa shape index (κ3) is 4.00. The topological polar surface area (TPSA) is 57.6 Å². The van der Waals surface area contributed by atoms with Crippen molar-refractivity contribution in [2.75, 3.05) is 13.6 Å². The van der Waals surface area contributed by atoms with Gasteiger partial charge in [0.25, 0.3) is 5.91 Å². The number of hydrogen-bond acceptors (Lipinski definition) is 2. The molecule has 0 saturated heterocycles. The molecule has 1 aromatic carbocycles. The predicted octanol–water partition coefficient (Wildman–Crippen LogP) is 2.42. The number of rotatable bonds is 5. The number of carboxylic acid groups (broad SMARTS) is 1. The van der Waals surface area contributed by atoms with Crippen molar-refractivity contribution in [3.05, 3.63) is 34.6 Å². The van der Waals surface area contributed by atoms with E-state index in [1.807, 2.05) is 0 Å². The molecule has 0 saturated carbocycles. The van der Waals surface area contributed by atoms with Crippen LogP contribution in [-0.4, -0.2) is 35.5 Å². The Morgan fingerprint density at radius 3 is 2.67 bits per heavy atom. The Balaban J connectivity index is 2.65. The van der Waals surface area contributed by atoms with Crippen molar-refractivity contribution < 1.29 is 19.1 Å². The number of amides is 1. The van der Waals surface area contributed by atoms with Crippen LogP contribution in [0, 0.1) is 5.82 Å². The van der Waals surface area contributed by atoms with Crippen LogP contribution in [-0.2, 0) is 4.79 Å². The lowest BCUT2D eigenvalue weighted by molar-refractivity contribution is -0.137. The van der Waals surface area contributed by atoms with Gasteiger partial charge in [-0.15, -0.1) is 0 Å². The predicted molar refractivity (Wildman–Crippen MR) is 65.2 cm³/mol. The summed E-state index contributed by atoms with van der Waals surface area (Å²) in [7, 11) is 1.50. The minimum atomic E-state index is -0.923. The van der Waals surface area contributed by atoms with E-state index in [1.165, 1.54) is 24.1 Å². The number of carbonyl (C=O) groups is 2. The van der Waals surface area contributed by atoms with Crippen molar-refractivity contribution in [2.24, 2.45) is 0 Å². The summed E-state index contributed by atoms with van der Waals surface area (Å²) in [5.41, 5.74) is -0.0720. The van der Waals surface area contributed by atoms with Gasteiger partial charge in [-0.05, 0) is 24.6 Å². The average Bonchev–Trinajstić information content (AvgIpc) is 2.27. The first-order valence-corrected chi connectivity index (χ1v) is 5.72. The smallest absolute Gasteiger partial charge is 0.303 e. The molecule has 0 bridgehead atoms. The fourth-order valence-electron chi connectivity index (χ4n) is 1.44. The number of halogens is 2. The van der Waals surface area contributed by atoms with Gasteiger partial charge in [0.05, 0.1) is 5.56 Å². The monoisotopic (exact) mass is 273 g/mol. The van der Waals surface area contributed by atoms with Crippen LogP contribution < -0.4 is 0 Å². The highest BCUT2D eigenvalue weighted by molar-refractivity contribution is 6.30. The van der Waals surface area contributed by atoms with Crippen LogP contribution in [0.2, 0.25) is 5.02 Å². The molecular weight excluding hydrogens is 261 g/mol. The molecule has 1 aromatic rings. The largest absolute Gasteiger partial charge is 0.481 e. The van der Waals surface area contributed by atoms with Gasteiger partial charge in [0.1, 0.15) is 5.82 Å². The molecule has 0 spiro atoms. The summed E-state index contributed by atoms with van der Waals surface area (Å²) < 4.78 is 13.5. The van der Waals surface area contributed by atoms with Gasteiger partial charge in [0.2, 0.25) is 0 Å². The van der Waals surface area contributed by atoms with Crippen LogP contribution in [0.5, 0.6) is 0 Å². The third-order valence-corrected chi connectivity index (χ3v) is 2.63. The van der Waals surface area contributed by atoms with Gasteiger partial charge >= 0.3 is 5.97 Å². The molecule has 1 N–H and O–H groups in total. The Labute approximate surface area is 109 Å². The lowest BCUT2D eigenvalue weighted by Crippen LogP contribution is -2.28. The first-order valence-electron chi connectivity index (χ1n) is 5.34. The van der Waals surface area contributed by atoms with Crippen LogP contribution in [0.1, 0.15) is 23.2 Å². The summed E-state index contributed by atoms with van der Waals surface area (Å²) in [5, 5.41) is 8.70. The number of aliphatic carboxylic acids is 1. The third-order valence-electron chi connectivity index (χ3n) is 2.39. The lowest BCUT2D eigenvalue weighted by atomic mass is 10.2. The van der Waals surface area contributed by atoms with E-state index in [9.17, 15) is 14.0 Å². The number of nitrogens with zero attached hydrogens (tertiary/aromatic N) is 1. The van der Waals surface area contributed by atoms with E-state index in [1.54, 1.807) is 0 Å². The first kappa shape index (κ1) is 14.4. The Bertz CT molecular complexity index is 465. The first-order chi connectivity index (χ1) is 8.41. The molecule has 1 rings (SSSR count). The lowest BCUT2D eigenvalue weighted by Gasteiger charge is -2.17. The van der Waals surface area contributed by atoms with Gasteiger partial charge < -0.3 is 10.0 Å². The molecule has 0 atom stereocenters. The van der Waals surface area contributed by atoms with E-state index >= 15 is 0 Å². The molecule has 0 aromatic heterocycles. The molecule has 98 valence electrons. The molecule has 4 nitrogen and oxygen atoms in total. The summed E-state index contributed by atoms with van der Waals surface area (Å²) in [5.74, 6) is -2.10. The van der Waals surface area contributed by atoms with E-state index in [-0.39, 0.29) is 23.6 Å². The maximum absolute atomic E-state index is 13.5. The van der Waals surface area contributed by atoms with Crippen molar-refractivity contribution in [1.82, 2.24) is 4.90 Å². The van der Waals surface area contributed by atoms with Crippen molar-refractivity contribution in [2.45, 2.75) is 12.8 Å². The molecule has 1 amide bonds. The molecule has 0 aliphatic carbocycles. The molecule has 0 radical (unpaired) electrons. The van der Waals surface area contributed by atoms with Crippen LogP contribution in [0.25, 0.3) is 0 Å². The van der Waals surface area contributed by atoms with Gasteiger partial charge in [0.15, 0.2) is 0 Å². The normalized spacial score (nSPS) is 10.2. The highest BCUT2D eigenvalue weighted by Gasteiger charge is 2.16. The minimum Gasteiger partial charge on any atom is -0.481 e. The molecule has 0 heterocycles. The number of hydrogen-bond donors (Lipinski definition) is 1. The average molecular weight is 274 g/mol. The highest BCUT2D eigenvalue weighted by Crippen LogP contribution is 2.16. The van der Waals surface area contributed by atoms with E-state index in [4.69, 9.17) is 16.7 Å². The number of carboxylic acids is 1. The second-order valence-electron chi connectivity index (χ2n) is 3.85. The standard InChI is InChI=1S/C12H13ClFNO3/c1-15(6-2-3-11(16)17)12(18)9-5-4-8(13)7-10(9)14/h4-5,7H,2-3,6H2,1H3,(H,16,17). The summed E-state index contributed by atoms with van der Waals surface area (Å²) in [4.78, 5) is 23.5. The second kappa shape index (κ2) is 6.35. The molecular formula is C12H13ClFNO3. The van der Waals surface area contributed by atoms with Gasteiger partial charge in [-0.2, -0.15) is 0 Å². The number of benzene rings is 1. The maximum atomic E-state index is 13.5. The molecule has 18 heavy (non-hydrogen) atoms. The molecule has 0 fully saturated rings. The van der Waals surface area contributed by atoms with Gasteiger partial charge in [-0.3, -0.25) is 9.59 Å². The van der Waals surface area contributed by atoms with Crippen molar-refractivity contribution in [1.29, 1.82) is 0 Å². The van der Waals surface area contributed by atoms with Crippen molar-refractivity contribution >= 4 is 23.5 Å². The Kier molecular flexibility index (Phi) is 5.09. The highest BCUT2D eigenvalue weighted by atomic mass is 35.5. The zero-order valence-electron chi connectivity index (χ0n) is 9.82. The van der Waals surface area contributed by atoms with Crippen LogP contribution >= 0.6 is 11.6 Å². The number of carbonyl (C=O) groups excluding carboxylic acids is 1. The fourth-order valence-corrected chi connectivity index (χ4v) is 1.60. The van der Waals surface area contributed by atoms with E-state index in [2.05, 4.69) is 0 Å². The summed E-state index contributed by atoms with van der Waals surface area (Å²) in [6.07, 6.45) is 0.299. The minimum absolute atomic E-state index is 0.0271. The molecule has 0 aliphatic rings. The van der Waals surface area contributed by atoms with Crippen LogP contribution in [0.3, 0.4) is 0 Å². The zero-order valence-corrected chi connectivity index (χ0v) is 10.6. The summed E-state index contributed by atoms with van der Waals surface area (Å²) >= 11 is 5.59. The second-order valence-corrected chi connectivity index (χ2v) is 4.28. The Hall–Kier alpha value is -1.62. The van der Waals surface area contributed by atoms with Gasteiger partial charge in [0, 0.05) is 25.0 Å². The van der Waals surface area contributed by atoms with Crippen molar-refractivity contribution in [3.8, 4) is 0 Å². The molecule has 0 aliphatic heterocycles. The Morgan fingerprint density at radius 2 is 2.11 bits per heavy atom. The maximum Gasteiger partial charge on any atom is 0.303 e. The summed E-state index contributed by atoms with van der Waals surface area (Å²) in [6, 6.07) is 3.82. The Morgan fingerprint density at radius 1 is 1.44 bits per heavy atom. The van der Waals surface area contributed by atoms with Crippen molar-refractivity contribution in [3.63, 3.8) is 0 Å². The summed E-state index contributed by atoms with van der Waals surface area (Å²) in [6.45, 7) is 0.257. The zero-order chi connectivity index (χ0) is 13.7. The molecule has 0 unspecified atom stereocenters. The van der Waals surface area contributed by atoms with E-state index < -0.39 is 17.7 Å². The van der Waals surface area contributed by atoms with E-state index in [0.29, 0.717) is 6.42 Å². The van der Waals surface area contributed by atoms with Crippen LogP contribution in [0.15, 0.2) is 18.2 Å².